The zero-order valence-corrected chi connectivity index (χ0v) is 12.7. The van der Waals surface area contributed by atoms with Crippen LogP contribution in [0.3, 0.4) is 0 Å². The van der Waals surface area contributed by atoms with Crippen LogP contribution in [0.25, 0.3) is 0 Å². The summed E-state index contributed by atoms with van der Waals surface area (Å²) in [5.74, 6) is -0.254. The van der Waals surface area contributed by atoms with Crippen LogP contribution < -0.4 is 21.1 Å². The van der Waals surface area contributed by atoms with Crippen molar-refractivity contribution in [1.29, 1.82) is 0 Å². The molecule has 0 radical (unpaired) electrons. The van der Waals surface area contributed by atoms with Gasteiger partial charge in [0, 0.05) is 6.54 Å². The molecule has 0 heterocycles. The first-order valence-corrected chi connectivity index (χ1v) is 7.11. The maximum Gasteiger partial charge on any atom is 0.255 e. The zero-order chi connectivity index (χ0) is 15.8. The van der Waals surface area contributed by atoms with Crippen molar-refractivity contribution >= 4 is 17.5 Å². The molecule has 0 fully saturated rings. The first-order valence-electron chi connectivity index (χ1n) is 7.11. The van der Waals surface area contributed by atoms with E-state index in [2.05, 4.69) is 10.6 Å². The fraction of sp³-hybridized carbons (Fsp3) is 0.467. The Labute approximate surface area is 125 Å². The number of nitrogen functional groups attached to an aromatic ring is 1. The second kappa shape index (κ2) is 8.14. The number of hydrogen-bond donors (Lipinski definition) is 3. The van der Waals surface area contributed by atoms with Crippen LogP contribution >= 0.6 is 0 Å². The fourth-order valence-corrected chi connectivity index (χ4v) is 1.78. The average Bonchev–Trinajstić information content (AvgIpc) is 2.46. The molecular formula is C15H23N3O3. The summed E-state index contributed by atoms with van der Waals surface area (Å²) in [4.78, 5) is 24.0. The molecule has 1 atom stereocenters. The Hall–Kier alpha value is -2.24. The van der Waals surface area contributed by atoms with Crippen molar-refractivity contribution in [3.63, 3.8) is 0 Å². The lowest BCUT2D eigenvalue weighted by Crippen LogP contribution is -2.45. The monoisotopic (exact) mass is 293 g/mol. The van der Waals surface area contributed by atoms with Gasteiger partial charge in [-0.3, -0.25) is 9.59 Å². The molecule has 0 saturated carbocycles. The highest BCUT2D eigenvalue weighted by Crippen LogP contribution is 2.26. The van der Waals surface area contributed by atoms with Gasteiger partial charge in [-0.2, -0.15) is 0 Å². The summed E-state index contributed by atoms with van der Waals surface area (Å²) in [5.41, 5.74) is 6.54. The molecule has 4 N–H and O–H groups in total. The van der Waals surface area contributed by atoms with E-state index in [0.29, 0.717) is 30.2 Å². The number of nitrogens with one attached hydrogen (secondary N) is 2. The largest absolute Gasteiger partial charge is 0.491 e. The van der Waals surface area contributed by atoms with E-state index in [1.54, 1.807) is 25.1 Å². The van der Waals surface area contributed by atoms with Crippen LogP contribution in [-0.2, 0) is 4.79 Å². The number of anilines is 1. The molecule has 0 saturated heterocycles. The number of rotatable bonds is 7. The van der Waals surface area contributed by atoms with Crippen molar-refractivity contribution in [2.75, 3.05) is 18.9 Å². The lowest BCUT2D eigenvalue weighted by atomic mass is 10.1. The lowest BCUT2D eigenvalue weighted by Gasteiger charge is -2.16. The van der Waals surface area contributed by atoms with Crippen molar-refractivity contribution in [3.8, 4) is 5.75 Å². The molecule has 0 bridgehead atoms. The summed E-state index contributed by atoms with van der Waals surface area (Å²) in [5, 5.41) is 5.37. The Morgan fingerprint density at radius 2 is 2.05 bits per heavy atom. The predicted molar refractivity (Wildman–Crippen MR) is 82.3 cm³/mol. The smallest absolute Gasteiger partial charge is 0.255 e. The minimum absolute atomic E-state index is 0.216. The molecule has 0 aliphatic carbocycles. The number of carbonyl (C=O) groups is 2. The molecule has 0 aromatic heterocycles. The summed E-state index contributed by atoms with van der Waals surface area (Å²) in [6.07, 6.45) is 0.843. The van der Waals surface area contributed by atoms with Crippen molar-refractivity contribution in [2.24, 2.45) is 0 Å². The Kier molecular flexibility index (Phi) is 6.52. The van der Waals surface area contributed by atoms with Crippen LogP contribution in [0.15, 0.2) is 18.2 Å². The minimum Gasteiger partial charge on any atom is -0.491 e. The summed E-state index contributed by atoms with van der Waals surface area (Å²) >= 11 is 0. The van der Waals surface area contributed by atoms with Gasteiger partial charge in [-0.15, -0.1) is 0 Å². The molecule has 1 unspecified atom stereocenters. The van der Waals surface area contributed by atoms with Crippen LogP contribution in [0.1, 0.15) is 37.6 Å². The van der Waals surface area contributed by atoms with Gasteiger partial charge in [0.05, 0.1) is 17.9 Å². The molecule has 1 aromatic carbocycles. The third-order valence-electron chi connectivity index (χ3n) is 2.87. The van der Waals surface area contributed by atoms with Crippen molar-refractivity contribution in [1.82, 2.24) is 10.6 Å². The highest BCUT2D eigenvalue weighted by Gasteiger charge is 2.19. The highest BCUT2D eigenvalue weighted by atomic mass is 16.5. The third-order valence-corrected chi connectivity index (χ3v) is 2.87. The molecule has 1 aromatic rings. The number of benzene rings is 1. The van der Waals surface area contributed by atoms with E-state index in [4.69, 9.17) is 10.5 Å². The number of carbonyl (C=O) groups excluding carboxylic acids is 2. The van der Waals surface area contributed by atoms with Gasteiger partial charge in [0.2, 0.25) is 5.91 Å². The Bertz CT molecular complexity index is 503. The third kappa shape index (κ3) is 4.66. The van der Waals surface area contributed by atoms with Gasteiger partial charge >= 0.3 is 0 Å². The first-order chi connectivity index (χ1) is 10.0. The predicted octanol–water partition coefficient (Wildman–Crippen LogP) is 1.31. The summed E-state index contributed by atoms with van der Waals surface area (Å²) < 4.78 is 5.41. The van der Waals surface area contributed by atoms with Gasteiger partial charge < -0.3 is 21.1 Å². The number of ether oxygens (including phenoxy) is 1. The van der Waals surface area contributed by atoms with E-state index in [1.165, 1.54) is 0 Å². The van der Waals surface area contributed by atoms with E-state index >= 15 is 0 Å². The van der Waals surface area contributed by atoms with Gasteiger partial charge in [0.15, 0.2) is 5.75 Å². The van der Waals surface area contributed by atoms with Crippen LogP contribution in [0.2, 0.25) is 0 Å². The first kappa shape index (κ1) is 16.8. The van der Waals surface area contributed by atoms with Crippen molar-refractivity contribution in [2.45, 2.75) is 33.2 Å². The zero-order valence-electron chi connectivity index (χ0n) is 12.7. The molecule has 6 nitrogen and oxygen atoms in total. The van der Waals surface area contributed by atoms with Crippen LogP contribution in [0.4, 0.5) is 5.69 Å². The minimum atomic E-state index is -0.625. The van der Waals surface area contributed by atoms with Crippen molar-refractivity contribution in [3.05, 3.63) is 23.8 Å². The quantitative estimate of drug-likeness (QED) is 0.661. The fourth-order valence-electron chi connectivity index (χ4n) is 1.78. The van der Waals surface area contributed by atoms with E-state index in [9.17, 15) is 9.59 Å². The van der Waals surface area contributed by atoms with Crippen LogP contribution in [0.5, 0.6) is 5.75 Å². The summed E-state index contributed by atoms with van der Waals surface area (Å²) in [6.45, 7) is 6.40. The Balaban J connectivity index is 2.80. The molecule has 2 amide bonds. The maximum absolute atomic E-state index is 12.3. The van der Waals surface area contributed by atoms with Gasteiger partial charge in [-0.05, 0) is 32.4 Å². The number of hydrogen-bond acceptors (Lipinski definition) is 4. The lowest BCUT2D eigenvalue weighted by molar-refractivity contribution is -0.122. The molecule has 6 heteroatoms. The molecule has 116 valence electrons. The van der Waals surface area contributed by atoms with Crippen LogP contribution in [-0.4, -0.2) is 31.0 Å². The number of amides is 2. The van der Waals surface area contributed by atoms with Crippen LogP contribution in [0, 0.1) is 0 Å². The second-order valence-corrected chi connectivity index (χ2v) is 4.64. The molecule has 1 rings (SSSR count). The molecule has 0 aliphatic heterocycles. The normalized spacial score (nSPS) is 11.6. The van der Waals surface area contributed by atoms with Crippen molar-refractivity contribution < 1.29 is 14.3 Å². The summed E-state index contributed by atoms with van der Waals surface area (Å²) in [7, 11) is 0. The maximum atomic E-state index is 12.3. The van der Waals surface area contributed by atoms with E-state index in [0.717, 1.165) is 6.42 Å². The van der Waals surface area contributed by atoms with Gasteiger partial charge in [-0.1, -0.05) is 13.0 Å². The van der Waals surface area contributed by atoms with Gasteiger partial charge in [0.25, 0.3) is 5.91 Å². The SMILES string of the molecule is CCCNC(=O)C(C)NC(=O)c1cccc(N)c1OCC. The molecular weight excluding hydrogens is 270 g/mol. The van der Waals surface area contributed by atoms with E-state index in [-0.39, 0.29) is 11.8 Å². The molecule has 21 heavy (non-hydrogen) atoms. The van der Waals surface area contributed by atoms with E-state index < -0.39 is 6.04 Å². The Morgan fingerprint density at radius 1 is 1.33 bits per heavy atom. The van der Waals surface area contributed by atoms with Gasteiger partial charge in [-0.25, -0.2) is 0 Å². The second-order valence-electron chi connectivity index (χ2n) is 4.64. The molecule has 0 spiro atoms. The topological polar surface area (TPSA) is 93.5 Å². The highest BCUT2D eigenvalue weighted by molar-refractivity contribution is 6.00. The standard InChI is InChI=1S/C15H23N3O3/c1-4-9-17-14(19)10(3)18-15(20)11-7-6-8-12(16)13(11)21-5-2/h6-8,10H,4-5,9,16H2,1-3H3,(H,17,19)(H,18,20). The Morgan fingerprint density at radius 3 is 2.67 bits per heavy atom. The average molecular weight is 293 g/mol. The van der Waals surface area contributed by atoms with E-state index in [1.807, 2.05) is 13.8 Å². The summed E-state index contributed by atoms with van der Waals surface area (Å²) in [6, 6.07) is 4.33. The number of nitrogens with two attached hydrogens (primary N) is 1. The molecule has 0 aliphatic rings. The number of para-hydroxylation sites is 1. The van der Waals surface area contributed by atoms with Gasteiger partial charge in [0.1, 0.15) is 6.04 Å².